The molecule has 0 aromatic carbocycles. The number of nitrogens with one attached hydrogen (secondary N) is 1. The van der Waals surface area contributed by atoms with Gasteiger partial charge in [0, 0.05) is 6.54 Å². The largest absolute Gasteiger partial charge is 0.463 e. The predicted molar refractivity (Wildman–Crippen MR) is 51.5 cm³/mol. The van der Waals surface area contributed by atoms with Gasteiger partial charge >= 0.3 is 5.97 Å². The van der Waals surface area contributed by atoms with Crippen molar-refractivity contribution in [2.24, 2.45) is 0 Å². The summed E-state index contributed by atoms with van der Waals surface area (Å²) in [5.74, 6) is -0.0533. The Morgan fingerprint density at radius 1 is 1.38 bits per heavy atom. The minimum atomic E-state index is -0.373. The number of ether oxygens (including phenoxy) is 1. The van der Waals surface area contributed by atoms with Crippen LogP contribution >= 0.6 is 0 Å². The van der Waals surface area contributed by atoms with Gasteiger partial charge in [0.15, 0.2) is 0 Å². The standard InChI is InChI=1S/C10H19NO2/c1-3-5-10(6-4-2)9(12)13-8-7-11-10/h11H,3-8H2,1-2H3. The average Bonchev–Trinajstić information content (AvgIpc) is 2.11. The molecule has 0 aromatic rings. The first kappa shape index (κ1) is 10.5. The van der Waals surface area contributed by atoms with Crippen molar-refractivity contribution in [1.29, 1.82) is 0 Å². The molecule has 76 valence electrons. The number of esters is 1. The fraction of sp³-hybridized carbons (Fsp3) is 0.900. The van der Waals surface area contributed by atoms with E-state index in [0.29, 0.717) is 6.61 Å². The molecule has 3 heteroatoms. The quantitative estimate of drug-likeness (QED) is 0.674. The van der Waals surface area contributed by atoms with Crippen LogP contribution in [-0.4, -0.2) is 24.7 Å². The van der Waals surface area contributed by atoms with E-state index >= 15 is 0 Å². The first-order valence-electron chi connectivity index (χ1n) is 5.17. The number of hydrogen-bond acceptors (Lipinski definition) is 3. The molecule has 1 saturated heterocycles. The molecule has 1 rings (SSSR count). The molecule has 1 heterocycles. The number of cyclic esters (lactones) is 1. The molecule has 0 spiro atoms. The van der Waals surface area contributed by atoms with Crippen LogP contribution in [0.4, 0.5) is 0 Å². The van der Waals surface area contributed by atoms with Gasteiger partial charge in [0.2, 0.25) is 0 Å². The van der Waals surface area contributed by atoms with E-state index in [0.717, 1.165) is 32.2 Å². The van der Waals surface area contributed by atoms with Crippen molar-refractivity contribution in [2.75, 3.05) is 13.2 Å². The third kappa shape index (κ3) is 2.21. The van der Waals surface area contributed by atoms with Crippen molar-refractivity contribution >= 4 is 5.97 Å². The Labute approximate surface area is 79.8 Å². The molecule has 0 aliphatic carbocycles. The summed E-state index contributed by atoms with van der Waals surface area (Å²) in [7, 11) is 0. The number of rotatable bonds is 4. The minimum Gasteiger partial charge on any atom is -0.463 e. The van der Waals surface area contributed by atoms with Crippen LogP contribution in [0.25, 0.3) is 0 Å². The summed E-state index contributed by atoms with van der Waals surface area (Å²) in [5.41, 5.74) is -0.373. The average molecular weight is 185 g/mol. The summed E-state index contributed by atoms with van der Waals surface area (Å²) >= 11 is 0. The summed E-state index contributed by atoms with van der Waals surface area (Å²) in [6, 6.07) is 0. The van der Waals surface area contributed by atoms with Crippen LogP contribution in [0, 0.1) is 0 Å². The van der Waals surface area contributed by atoms with Gasteiger partial charge < -0.3 is 4.74 Å². The molecule has 0 unspecified atom stereocenters. The van der Waals surface area contributed by atoms with Gasteiger partial charge in [-0.15, -0.1) is 0 Å². The third-order valence-electron chi connectivity index (χ3n) is 2.54. The van der Waals surface area contributed by atoms with Crippen LogP contribution in [0.2, 0.25) is 0 Å². The van der Waals surface area contributed by atoms with Crippen molar-refractivity contribution in [2.45, 2.75) is 45.1 Å². The maximum Gasteiger partial charge on any atom is 0.326 e. The third-order valence-corrected chi connectivity index (χ3v) is 2.54. The Morgan fingerprint density at radius 2 is 2.00 bits per heavy atom. The van der Waals surface area contributed by atoms with Crippen molar-refractivity contribution in [3.05, 3.63) is 0 Å². The van der Waals surface area contributed by atoms with Gasteiger partial charge in [-0.3, -0.25) is 10.1 Å². The van der Waals surface area contributed by atoms with Gasteiger partial charge in [-0.25, -0.2) is 0 Å². The molecule has 0 saturated carbocycles. The van der Waals surface area contributed by atoms with Crippen molar-refractivity contribution in [3.8, 4) is 0 Å². The van der Waals surface area contributed by atoms with Crippen molar-refractivity contribution < 1.29 is 9.53 Å². The highest BCUT2D eigenvalue weighted by atomic mass is 16.5. The van der Waals surface area contributed by atoms with E-state index in [1.165, 1.54) is 0 Å². The van der Waals surface area contributed by atoms with E-state index in [4.69, 9.17) is 4.74 Å². The Kier molecular flexibility index (Phi) is 3.72. The predicted octanol–water partition coefficient (Wildman–Crippen LogP) is 1.47. The zero-order valence-corrected chi connectivity index (χ0v) is 8.56. The second-order valence-corrected chi connectivity index (χ2v) is 3.64. The molecule has 1 aliphatic heterocycles. The SMILES string of the molecule is CCCC1(CCC)NCCOC1=O. The lowest BCUT2D eigenvalue weighted by Crippen LogP contribution is -2.57. The molecule has 1 fully saturated rings. The van der Waals surface area contributed by atoms with Crippen LogP contribution in [0.5, 0.6) is 0 Å². The van der Waals surface area contributed by atoms with Crippen LogP contribution in [0.15, 0.2) is 0 Å². The number of carbonyl (C=O) groups excluding carboxylic acids is 1. The van der Waals surface area contributed by atoms with E-state index in [1.807, 2.05) is 0 Å². The van der Waals surface area contributed by atoms with Gasteiger partial charge in [-0.05, 0) is 12.8 Å². The summed E-state index contributed by atoms with van der Waals surface area (Å²) < 4.78 is 5.10. The molecule has 0 radical (unpaired) electrons. The molecule has 13 heavy (non-hydrogen) atoms. The van der Waals surface area contributed by atoms with E-state index in [1.54, 1.807) is 0 Å². The second-order valence-electron chi connectivity index (χ2n) is 3.64. The fourth-order valence-electron chi connectivity index (χ4n) is 2.00. The van der Waals surface area contributed by atoms with E-state index in [9.17, 15) is 4.79 Å². The normalized spacial score (nSPS) is 21.2. The lowest BCUT2D eigenvalue weighted by molar-refractivity contribution is -0.157. The molecule has 1 N–H and O–H groups in total. The first-order chi connectivity index (χ1) is 6.25. The summed E-state index contributed by atoms with van der Waals surface area (Å²) in [6.07, 6.45) is 3.81. The topological polar surface area (TPSA) is 38.3 Å². The first-order valence-corrected chi connectivity index (χ1v) is 5.17. The van der Waals surface area contributed by atoms with Crippen LogP contribution in [0.3, 0.4) is 0 Å². The molecular formula is C10H19NO2. The highest BCUT2D eigenvalue weighted by Crippen LogP contribution is 2.23. The monoisotopic (exact) mass is 185 g/mol. The highest BCUT2D eigenvalue weighted by Gasteiger charge is 2.39. The lowest BCUT2D eigenvalue weighted by Gasteiger charge is -2.35. The molecule has 0 bridgehead atoms. The zero-order chi connectivity index (χ0) is 9.73. The van der Waals surface area contributed by atoms with E-state index < -0.39 is 0 Å². The number of hydrogen-bond donors (Lipinski definition) is 1. The number of carbonyl (C=O) groups is 1. The molecule has 0 atom stereocenters. The highest BCUT2D eigenvalue weighted by molar-refractivity contribution is 5.81. The van der Waals surface area contributed by atoms with Gasteiger partial charge in [0.1, 0.15) is 12.1 Å². The summed E-state index contributed by atoms with van der Waals surface area (Å²) in [4.78, 5) is 11.6. The van der Waals surface area contributed by atoms with Crippen molar-refractivity contribution in [3.63, 3.8) is 0 Å². The molecule has 0 amide bonds. The van der Waals surface area contributed by atoms with E-state index in [-0.39, 0.29) is 11.5 Å². The Hall–Kier alpha value is -0.570. The minimum absolute atomic E-state index is 0.0533. The van der Waals surface area contributed by atoms with Gasteiger partial charge in [-0.1, -0.05) is 26.7 Å². The summed E-state index contributed by atoms with van der Waals surface area (Å²) in [5, 5.41) is 3.31. The van der Waals surface area contributed by atoms with Crippen LogP contribution in [0.1, 0.15) is 39.5 Å². The Morgan fingerprint density at radius 3 is 2.46 bits per heavy atom. The summed E-state index contributed by atoms with van der Waals surface area (Å²) in [6.45, 7) is 5.52. The Bertz CT molecular complexity index is 168. The van der Waals surface area contributed by atoms with Gasteiger partial charge in [-0.2, -0.15) is 0 Å². The number of morpholine rings is 1. The molecule has 1 aliphatic rings. The van der Waals surface area contributed by atoms with Gasteiger partial charge in [0.25, 0.3) is 0 Å². The van der Waals surface area contributed by atoms with Crippen LogP contribution < -0.4 is 5.32 Å². The lowest BCUT2D eigenvalue weighted by atomic mass is 9.88. The van der Waals surface area contributed by atoms with Crippen LogP contribution in [-0.2, 0) is 9.53 Å². The Balaban J connectivity index is 2.67. The van der Waals surface area contributed by atoms with E-state index in [2.05, 4.69) is 19.2 Å². The van der Waals surface area contributed by atoms with Gasteiger partial charge in [0.05, 0.1) is 0 Å². The van der Waals surface area contributed by atoms with Crippen molar-refractivity contribution in [1.82, 2.24) is 5.32 Å². The maximum atomic E-state index is 11.6. The molecular weight excluding hydrogens is 166 g/mol. The zero-order valence-electron chi connectivity index (χ0n) is 8.56. The molecule has 3 nitrogen and oxygen atoms in total. The molecule has 0 aromatic heterocycles. The fourth-order valence-corrected chi connectivity index (χ4v) is 2.00. The smallest absolute Gasteiger partial charge is 0.326 e. The maximum absolute atomic E-state index is 11.6. The second kappa shape index (κ2) is 4.61.